The largest absolute Gasteiger partial charge is 0.449 e. The van der Waals surface area contributed by atoms with Gasteiger partial charge < -0.3 is 10.2 Å². The average molecular weight is 223 g/mol. The van der Waals surface area contributed by atoms with E-state index in [9.17, 15) is 0 Å². The van der Waals surface area contributed by atoms with Gasteiger partial charge in [0.05, 0.1) is 5.69 Å². The first-order valence-electron chi connectivity index (χ1n) is 6.09. The predicted molar refractivity (Wildman–Crippen MR) is 63.0 cm³/mol. The second kappa shape index (κ2) is 4.97. The molecule has 0 aromatic carbocycles. The fraction of sp³-hybridized carbons (Fsp3) is 0.750. The highest BCUT2D eigenvalue weighted by atomic mass is 16.3. The molecule has 0 radical (unpaired) electrons. The molecule has 0 spiro atoms. The Kier molecular flexibility index (Phi) is 3.61. The standard InChI is InChI=1S/C12H21N3O/c1-9(2)15-5-3-4-11(15)6-12-14-10(7-13)8-16-12/h8-9,11H,3-7,13H2,1-2H3. The highest BCUT2D eigenvalue weighted by Gasteiger charge is 2.27. The van der Waals surface area contributed by atoms with E-state index in [-0.39, 0.29) is 0 Å². The first kappa shape index (κ1) is 11.6. The first-order valence-corrected chi connectivity index (χ1v) is 6.09. The first-order chi connectivity index (χ1) is 7.70. The van der Waals surface area contributed by atoms with Crippen molar-refractivity contribution < 1.29 is 4.42 Å². The predicted octanol–water partition coefficient (Wildman–Crippen LogP) is 1.55. The Morgan fingerprint density at radius 3 is 3.06 bits per heavy atom. The molecule has 0 bridgehead atoms. The summed E-state index contributed by atoms with van der Waals surface area (Å²) >= 11 is 0. The Hall–Kier alpha value is -0.870. The number of rotatable bonds is 4. The molecule has 1 atom stereocenters. The van der Waals surface area contributed by atoms with Crippen LogP contribution in [0.1, 0.15) is 38.3 Å². The van der Waals surface area contributed by atoms with Gasteiger partial charge in [0.15, 0.2) is 5.89 Å². The van der Waals surface area contributed by atoms with Crippen molar-refractivity contribution in [2.24, 2.45) is 5.73 Å². The van der Waals surface area contributed by atoms with Crippen LogP contribution in [0.3, 0.4) is 0 Å². The minimum Gasteiger partial charge on any atom is -0.449 e. The van der Waals surface area contributed by atoms with Crippen LogP contribution < -0.4 is 5.73 Å². The molecular weight excluding hydrogens is 202 g/mol. The second-order valence-corrected chi connectivity index (χ2v) is 4.77. The third-order valence-corrected chi connectivity index (χ3v) is 3.30. The molecule has 1 aliphatic rings. The van der Waals surface area contributed by atoms with Gasteiger partial charge in [0.2, 0.25) is 0 Å². The fourth-order valence-electron chi connectivity index (χ4n) is 2.50. The van der Waals surface area contributed by atoms with Crippen LogP contribution in [0.4, 0.5) is 0 Å². The molecule has 1 fully saturated rings. The van der Waals surface area contributed by atoms with Gasteiger partial charge in [-0.15, -0.1) is 0 Å². The maximum atomic E-state index is 5.51. The van der Waals surface area contributed by atoms with E-state index in [0.29, 0.717) is 18.6 Å². The molecule has 2 rings (SSSR count). The smallest absolute Gasteiger partial charge is 0.195 e. The molecule has 2 N–H and O–H groups in total. The van der Waals surface area contributed by atoms with Crippen LogP contribution in [0.2, 0.25) is 0 Å². The molecule has 90 valence electrons. The fourth-order valence-corrected chi connectivity index (χ4v) is 2.50. The lowest BCUT2D eigenvalue weighted by Crippen LogP contribution is -2.36. The molecule has 1 aliphatic heterocycles. The number of nitrogens with two attached hydrogens (primary N) is 1. The van der Waals surface area contributed by atoms with Gasteiger partial charge in [-0.05, 0) is 33.2 Å². The number of hydrogen-bond acceptors (Lipinski definition) is 4. The molecule has 1 saturated heterocycles. The summed E-state index contributed by atoms with van der Waals surface area (Å²) in [6, 6.07) is 1.20. The summed E-state index contributed by atoms with van der Waals surface area (Å²) in [5.41, 5.74) is 6.36. The molecule has 4 heteroatoms. The Morgan fingerprint density at radius 2 is 2.44 bits per heavy atom. The van der Waals surface area contributed by atoms with Crippen molar-refractivity contribution in [1.82, 2.24) is 9.88 Å². The Balaban J connectivity index is 1.98. The van der Waals surface area contributed by atoms with Crippen LogP contribution in [0.25, 0.3) is 0 Å². The van der Waals surface area contributed by atoms with Crippen molar-refractivity contribution in [2.45, 2.75) is 51.7 Å². The summed E-state index contributed by atoms with van der Waals surface area (Å²) in [6.07, 6.45) is 5.12. The van der Waals surface area contributed by atoms with Crippen molar-refractivity contribution in [1.29, 1.82) is 0 Å². The van der Waals surface area contributed by atoms with E-state index in [1.54, 1.807) is 6.26 Å². The van der Waals surface area contributed by atoms with Gasteiger partial charge in [-0.3, -0.25) is 4.90 Å². The number of aromatic nitrogens is 1. The summed E-state index contributed by atoms with van der Waals surface area (Å²) in [5, 5.41) is 0. The lowest BCUT2D eigenvalue weighted by molar-refractivity contribution is 0.195. The quantitative estimate of drug-likeness (QED) is 0.841. The number of hydrogen-bond donors (Lipinski definition) is 1. The Bertz CT molecular complexity index is 335. The molecule has 0 saturated carbocycles. The number of oxazole rings is 1. The van der Waals surface area contributed by atoms with Crippen molar-refractivity contribution in [2.75, 3.05) is 6.54 Å². The maximum absolute atomic E-state index is 5.51. The van der Waals surface area contributed by atoms with Gasteiger partial charge >= 0.3 is 0 Å². The molecule has 0 amide bonds. The highest BCUT2D eigenvalue weighted by molar-refractivity contribution is 4.98. The summed E-state index contributed by atoms with van der Waals surface area (Å²) in [5.74, 6) is 0.831. The van der Waals surface area contributed by atoms with Crippen LogP contribution in [-0.4, -0.2) is 28.5 Å². The number of likely N-dealkylation sites (tertiary alicyclic amines) is 1. The van der Waals surface area contributed by atoms with E-state index in [0.717, 1.165) is 18.0 Å². The van der Waals surface area contributed by atoms with Gasteiger partial charge in [-0.1, -0.05) is 0 Å². The SMILES string of the molecule is CC(C)N1CCCC1Cc1nc(CN)co1. The minimum atomic E-state index is 0.460. The normalized spacial score (nSPS) is 22.1. The van der Waals surface area contributed by atoms with Gasteiger partial charge in [-0.25, -0.2) is 4.98 Å². The summed E-state index contributed by atoms with van der Waals surface area (Å²) in [4.78, 5) is 6.90. The van der Waals surface area contributed by atoms with E-state index in [1.165, 1.54) is 19.4 Å². The van der Waals surface area contributed by atoms with Crippen molar-refractivity contribution >= 4 is 0 Å². The zero-order chi connectivity index (χ0) is 11.5. The Morgan fingerprint density at radius 1 is 1.62 bits per heavy atom. The van der Waals surface area contributed by atoms with Gasteiger partial charge in [0.25, 0.3) is 0 Å². The van der Waals surface area contributed by atoms with Crippen LogP contribution in [0.15, 0.2) is 10.7 Å². The minimum absolute atomic E-state index is 0.460. The lowest BCUT2D eigenvalue weighted by atomic mass is 10.1. The summed E-state index contributed by atoms with van der Waals surface area (Å²) < 4.78 is 5.43. The molecule has 1 aromatic rings. The zero-order valence-electron chi connectivity index (χ0n) is 10.1. The third kappa shape index (κ3) is 2.44. The van der Waals surface area contributed by atoms with Gasteiger partial charge in [0.1, 0.15) is 6.26 Å². The van der Waals surface area contributed by atoms with Crippen molar-refractivity contribution in [3.8, 4) is 0 Å². The molecule has 0 aliphatic carbocycles. The van der Waals surface area contributed by atoms with Gasteiger partial charge in [0, 0.05) is 25.0 Å². The second-order valence-electron chi connectivity index (χ2n) is 4.77. The topological polar surface area (TPSA) is 55.3 Å². The van der Waals surface area contributed by atoms with Crippen LogP contribution >= 0.6 is 0 Å². The molecule has 16 heavy (non-hydrogen) atoms. The van der Waals surface area contributed by atoms with E-state index in [4.69, 9.17) is 10.2 Å². The monoisotopic (exact) mass is 223 g/mol. The maximum Gasteiger partial charge on any atom is 0.195 e. The molecule has 4 nitrogen and oxygen atoms in total. The van der Waals surface area contributed by atoms with E-state index in [1.807, 2.05) is 0 Å². The average Bonchev–Trinajstić information content (AvgIpc) is 2.87. The number of nitrogens with zero attached hydrogens (tertiary/aromatic N) is 2. The van der Waals surface area contributed by atoms with Crippen molar-refractivity contribution in [3.63, 3.8) is 0 Å². The zero-order valence-corrected chi connectivity index (χ0v) is 10.1. The molecule has 1 unspecified atom stereocenters. The van der Waals surface area contributed by atoms with E-state index >= 15 is 0 Å². The third-order valence-electron chi connectivity index (χ3n) is 3.30. The van der Waals surface area contributed by atoms with E-state index in [2.05, 4.69) is 23.7 Å². The Labute approximate surface area is 96.8 Å². The van der Waals surface area contributed by atoms with E-state index < -0.39 is 0 Å². The molecular formula is C12H21N3O. The van der Waals surface area contributed by atoms with Crippen LogP contribution in [0, 0.1) is 0 Å². The lowest BCUT2D eigenvalue weighted by Gasteiger charge is -2.27. The summed E-state index contributed by atoms with van der Waals surface area (Å²) in [7, 11) is 0. The molecule has 1 aromatic heterocycles. The van der Waals surface area contributed by atoms with Gasteiger partial charge in [-0.2, -0.15) is 0 Å². The van der Waals surface area contributed by atoms with Crippen molar-refractivity contribution in [3.05, 3.63) is 17.8 Å². The highest BCUT2D eigenvalue weighted by Crippen LogP contribution is 2.23. The van der Waals surface area contributed by atoms with Crippen LogP contribution in [0.5, 0.6) is 0 Å². The molecule has 2 heterocycles. The van der Waals surface area contributed by atoms with Crippen LogP contribution in [-0.2, 0) is 13.0 Å². The summed E-state index contributed by atoms with van der Waals surface area (Å²) in [6.45, 7) is 6.16.